The van der Waals surface area contributed by atoms with Gasteiger partial charge >= 0.3 is 0 Å². The van der Waals surface area contributed by atoms with E-state index >= 15 is 0 Å². The molecule has 1 aliphatic rings. The molecule has 1 saturated heterocycles. The standard InChI is InChI=1S/C17H23IN6/c18-13-4-6-14(7-5-13)23-17-15(19)16(21-12-22-17)20-8-11-24-9-2-1-3-10-24/h4-7,12H,1-3,8-11,19H2,(H2,20,21,22,23). The Morgan fingerprint density at radius 1 is 1.04 bits per heavy atom. The van der Waals surface area contributed by atoms with Crippen LogP contribution in [0, 0.1) is 3.57 Å². The highest BCUT2D eigenvalue weighted by atomic mass is 127. The third kappa shape index (κ3) is 4.70. The third-order valence-electron chi connectivity index (χ3n) is 4.16. The van der Waals surface area contributed by atoms with Gasteiger partial charge < -0.3 is 21.3 Å². The number of nitrogens with two attached hydrogens (primary N) is 1. The first-order chi connectivity index (χ1) is 11.7. The van der Waals surface area contributed by atoms with Crippen LogP contribution in [-0.4, -0.2) is 41.0 Å². The lowest BCUT2D eigenvalue weighted by atomic mass is 10.1. The summed E-state index contributed by atoms with van der Waals surface area (Å²) >= 11 is 2.28. The number of hydrogen-bond donors (Lipinski definition) is 3. The van der Waals surface area contributed by atoms with E-state index in [9.17, 15) is 0 Å². The number of halogens is 1. The topological polar surface area (TPSA) is 79.1 Å². The summed E-state index contributed by atoms with van der Waals surface area (Å²) in [7, 11) is 0. The van der Waals surface area contributed by atoms with E-state index in [1.807, 2.05) is 24.3 Å². The molecule has 0 radical (unpaired) electrons. The van der Waals surface area contributed by atoms with E-state index < -0.39 is 0 Å². The van der Waals surface area contributed by atoms with Crippen molar-refractivity contribution in [3.8, 4) is 0 Å². The van der Waals surface area contributed by atoms with Gasteiger partial charge in [0.1, 0.15) is 12.0 Å². The predicted octanol–water partition coefficient (Wildman–Crippen LogP) is 3.30. The molecule has 0 unspecified atom stereocenters. The van der Waals surface area contributed by atoms with Crippen LogP contribution in [0.2, 0.25) is 0 Å². The number of likely N-dealkylation sites (tertiary alicyclic amines) is 1. The lowest BCUT2D eigenvalue weighted by Gasteiger charge is -2.26. The first-order valence-corrected chi connectivity index (χ1v) is 9.39. The summed E-state index contributed by atoms with van der Waals surface area (Å²) < 4.78 is 1.19. The van der Waals surface area contributed by atoms with Gasteiger partial charge in [-0.3, -0.25) is 0 Å². The molecule has 0 spiro atoms. The third-order valence-corrected chi connectivity index (χ3v) is 4.88. The van der Waals surface area contributed by atoms with Crippen molar-refractivity contribution in [1.29, 1.82) is 0 Å². The number of rotatable bonds is 6. The van der Waals surface area contributed by atoms with E-state index in [-0.39, 0.29) is 0 Å². The van der Waals surface area contributed by atoms with Crippen molar-refractivity contribution < 1.29 is 0 Å². The highest BCUT2D eigenvalue weighted by Crippen LogP contribution is 2.25. The second-order valence-electron chi connectivity index (χ2n) is 5.95. The highest BCUT2D eigenvalue weighted by Gasteiger charge is 2.11. The SMILES string of the molecule is Nc1c(NCCN2CCCCC2)ncnc1Nc1ccc(I)cc1. The van der Waals surface area contributed by atoms with Crippen LogP contribution in [0.15, 0.2) is 30.6 Å². The molecule has 4 N–H and O–H groups in total. The molecule has 0 amide bonds. The van der Waals surface area contributed by atoms with Gasteiger partial charge in [0.15, 0.2) is 11.6 Å². The first-order valence-electron chi connectivity index (χ1n) is 8.31. The van der Waals surface area contributed by atoms with Gasteiger partial charge in [-0.1, -0.05) is 6.42 Å². The second-order valence-corrected chi connectivity index (χ2v) is 7.19. The Balaban J connectivity index is 1.59. The maximum absolute atomic E-state index is 6.22. The van der Waals surface area contributed by atoms with Gasteiger partial charge in [-0.15, -0.1) is 0 Å². The molecule has 1 aromatic heterocycles. The molecule has 2 heterocycles. The van der Waals surface area contributed by atoms with Crippen molar-refractivity contribution in [1.82, 2.24) is 14.9 Å². The zero-order chi connectivity index (χ0) is 16.8. The number of hydrogen-bond acceptors (Lipinski definition) is 6. The van der Waals surface area contributed by atoms with Crippen LogP contribution in [0.25, 0.3) is 0 Å². The van der Waals surface area contributed by atoms with E-state index in [1.54, 1.807) is 0 Å². The molecular weight excluding hydrogens is 415 g/mol. The zero-order valence-electron chi connectivity index (χ0n) is 13.6. The summed E-state index contributed by atoms with van der Waals surface area (Å²) in [4.78, 5) is 11.0. The smallest absolute Gasteiger partial charge is 0.159 e. The molecule has 6 nitrogen and oxygen atoms in total. The Morgan fingerprint density at radius 3 is 2.50 bits per heavy atom. The van der Waals surface area contributed by atoms with E-state index in [0.717, 1.165) is 18.8 Å². The molecule has 1 aliphatic heterocycles. The Morgan fingerprint density at radius 2 is 1.75 bits per heavy atom. The summed E-state index contributed by atoms with van der Waals surface area (Å²) in [6.45, 7) is 4.24. The number of anilines is 4. The maximum atomic E-state index is 6.22. The number of benzene rings is 1. The minimum atomic E-state index is 0.551. The fraction of sp³-hybridized carbons (Fsp3) is 0.412. The number of nitrogens with zero attached hydrogens (tertiary/aromatic N) is 3. The Labute approximate surface area is 156 Å². The summed E-state index contributed by atoms with van der Waals surface area (Å²) in [5.41, 5.74) is 7.72. The van der Waals surface area contributed by atoms with Crippen molar-refractivity contribution in [2.24, 2.45) is 0 Å². The predicted molar refractivity (Wildman–Crippen MR) is 108 cm³/mol. The Kier molecular flexibility index (Phi) is 6.08. The lowest BCUT2D eigenvalue weighted by Crippen LogP contribution is -2.33. The summed E-state index contributed by atoms with van der Waals surface area (Å²) in [6, 6.07) is 8.09. The molecule has 7 heteroatoms. The van der Waals surface area contributed by atoms with Gasteiger partial charge in [0.05, 0.1) is 0 Å². The van der Waals surface area contributed by atoms with Crippen LogP contribution < -0.4 is 16.4 Å². The number of piperidine rings is 1. The van der Waals surface area contributed by atoms with E-state index in [0.29, 0.717) is 17.3 Å². The largest absolute Gasteiger partial charge is 0.393 e. The zero-order valence-corrected chi connectivity index (χ0v) is 15.8. The van der Waals surface area contributed by atoms with Crippen LogP contribution in [-0.2, 0) is 0 Å². The summed E-state index contributed by atoms with van der Waals surface area (Å²) in [5, 5.41) is 6.59. The van der Waals surface area contributed by atoms with Gasteiger partial charge in [-0.2, -0.15) is 0 Å². The van der Waals surface area contributed by atoms with Crippen LogP contribution in [0.3, 0.4) is 0 Å². The van der Waals surface area contributed by atoms with Crippen molar-refractivity contribution in [3.05, 3.63) is 34.2 Å². The summed E-state index contributed by atoms with van der Waals surface area (Å²) in [5.74, 6) is 1.32. The number of aromatic nitrogens is 2. The minimum Gasteiger partial charge on any atom is -0.393 e. The van der Waals surface area contributed by atoms with Crippen molar-refractivity contribution >= 4 is 45.6 Å². The molecule has 24 heavy (non-hydrogen) atoms. The average Bonchev–Trinajstić information content (AvgIpc) is 2.61. The maximum Gasteiger partial charge on any atom is 0.159 e. The number of nitrogen functional groups attached to an aromatic ring is 1. The quantitative estimate of drug-likeness (QED) is 0.601. The van der Waals surface area contributed by atoms with E-state index in [4.69, 9.17) is 5.73 Å². The molecule has 1 aromatic carbocycles. The van der Waals surface area contributed by atoms with Crippen molar-refractivity contribution in [2.45, 2.75) is 19.3 Å². The highest BCUT2D eigenvalue weighted by molar-refractivity contribution is 14.1. The fourth-order valence-corrected chi connectivity index (χ4v) is 3.18. The second kappa shape index (κ2) is 8.48. The van der Waals surface area contributed by atoms with Crippen molar-refractivity contribution in [2.75, 3.05) is 42.5 Å². The molecule has 0 atom stereocenters. The van der Waals surface area contributed by atoms with Gasteiger partial charge in [-0.25, -0.2) is 9.97 Å². The molecule has 0 bridgehead atoms. The van der Waals surface area contributed by atoms with Crippen LogP contribution in [0.5, 0.6) is 0 Å². The molecule has 0 aliphatic carbocycles. The van der Waals surface area contributed by atoms with Gasteiger partial charge in [0.2, 0.25) is 0 Å². The molecular formula is C17H23IN6. The lowest BCUT2D eigenvalue weighted by molar-refractivity contribution is 0.237. The van der Waals surface area contributed by atoms with Gasteiger partial charge in [0.25, 0.3) is 0 Å². The Hall–Kier alpha value is -1.61. The normalized spacial score (nSPS) is 15.2. The molecule has 0 saturated carbocycles. The average molecular weight is 438 g/mol. The molecule has 128 valence electrons. The van der Waals surface area contributed by atoms with Crippen molar-refractivity contribution in [3.63, 3.8) is 0 Å². The van der Waals surface area contributed by atoms with Gasteiger partial charge in [-0.05, 0) is 72.8 Å². The summed E-state index contributed by atoms with van der Waals surface area (Å²) in [6.07, 6.45) is 5.50. The van der Waals surface area contributed by atoms with E-state index in [2.05, 4.69) is 48.1 Å². The van der Waals surface area contributed by atoms with Crippen LogP contribution in [0.1, 0.15) is 19.3 Å². The van der Waals surface area contributed by atoms with Crippen LogP contribution >= 0.6 is 22.6 Å². The first kappa shape index (κ1) is 17.2. The van der Waals surface area contributed by atoms with E-state index in [1.165, 1.54) is 42.2 Å². The molecule has 2 aromatic rings. The Bertz CT molecular complexity index is 655. The van der Waals surface area contributed by atoms with Gasteiger partial charge in [0, 0.05) is 22.3 Å². The molecule has 1 fully saturated rings. The van der Waals surface area contributed by atoms with Crippen LogP contribution in [0.4, 0.5) is 23.0 Å². The fourth-order valence-electron chi connectivity index (χ4n) is 2.82. The molecule has 3 rings (SSSR count). The monoisotopic (exact) mass is 438 g/mol. The number of nitrogens with one attached hydrogen (secondary N) is 2. The minimum absolute atomic E-state index is 0.551.